The van der Waals surface area contributed by atoms with Gasteiger partial charge in [-0.1, -0.05) is 6.07 Å². The number of amides is 1. The predicted molar refractivity (Wildman–Crippen MR) is 110 cm³/mol. The molecule has 0 aliphatic carbocycles. The third-order valence-electron chi connectivity index (χ3n) is 5.19. The second-order valence-corrected chi connectivity index (χ2v) is 9.82. The van der Waals surface area contributed by atoms with Crippen molar-refractivity contribution in [1.82, 2.24) is 4.98 Å². The Balaban J connectivity index is 2.03. The Morgan fingerprint density at radius 2 is 1.88 bits per heavy atom. The Bertz CT molecular complexity index is 1140. The smallest absolute Gasteiger partial charge is 0.355 e. The van der Waals surface area contributed by atoms with Crippen molar-refractivity contribution >= 4 is 27.1 Å². The van der Waals surface area contributed by atoms with Crippen LogP contribution in [-0.4, -0.2) is 40.4 Å². The van der Waals surface area contributed by atoms with E-state index < -0.39 is 46.1 Å². The van der Waals surface area contributed by atoms with E-state index in [1.54, 1.807) is 0 Å². The molecule has 1 aromatic heterocycles. The van der Waals surface area contributed by atoms with Crippen LogP contribution in [0.15, 0.2) is 35.4 Å². The largest absolute Gasteiger partial charge is 0.418 e. The fraction of sp³-hybridized carbons (Fsp3) is 0.400. The maximum atomic E-state index is 13.6. The van der Waals surface area contributed by atoms with E-state index in [0.717, 1.165) is 6.92 Å². The fourth-order valence-corrected chi connectivity index (χ4v) is 4.13. The molecular weight excluding hydrogens is 455 g/mol. The third-order valence-corrected chi connectivity index (χ3v) is 6.34. The van der Waals surface area contributed by atoms with E-state index in [4.69, 9.17) is 4.78 Å². The summed E-state index contributed by atoms with van der Waals surface area (Å²) in [7, 11) is -3.09. The molecule has 0 radical (unpaired) electrons. The van der Waals surface area contributed by atoms with E-state index in [9.17, 15) is 31.0 Å². The van der Waals surface area contributed by atoms with Gasteiger partial charge in [-0.2, -0.15) is 13.2 Å². The molecule has 2 heterocycles. The first-order chi connectivity index (χ1) is 14.7. The molecule has 2 aromatic rings. The maximum Gasteiger partial charge on any atom is 0.418 e. The van der Waals surface area contributed by atoms with Gasteiger partial charge in [0.15, 0.2) is 0 Å². The number of pyridine rings is 1. The quantitative estimate of drug-likeness (QED) is 0.613. The summed E-state index contributed by atoms with van der Waals surface area (Å²) in [6.45, 7) is 0.787. The number of halogens is 5. The van der Waals surface area contributed by atoms with Crippen LogP contribution < -0.4 is 10.2 Å². The van der Waals surface area contributed by atoms with Crippen molar-refractivity contribution < 1.29 is 31.0 Å². The van der Waals surface area contributed by atoms with Crippen molar-refractivity contribution in [3.63, 3.8) is 0 Å². The molecule has 32 heavy (non-hydrogen) atoms. The van der Waals surface area contributed by atoms with Crippen LogP contribution in [0.3, 0.4) is 0 Å². The highest BCUT2D eigenvalue weighted by atomic mass is 32.2. The molecule has 1 aromatic carbocycles. The number of piperidine rings is 1. The van der Waals surface area contributed by atoms with Gasteiger partial charge in [0, 0.05) is 49.0 Å². The summed E-state index contributed by atoms with van der Waals surface area (Å²) < 4.78 is 87.1. The standard InChI is InChI=1S/C20H21F5N4O2S/c1-12-15(20(23,24)25)11-27-17(29-8-6-19(21,22)7-9-29)16(12)18(30)28-13-4-3-5-14(10-13)32(2,26)31/h3-5,10-11,26H,6-9H2,1-2H3,(H,28,30)/t32-/m1/s1. The average Bonchev–Trinajstić information content (AvgIpc) is 2.66. The molecule has 0 bridgehead atoms. The number of rotatable bonds is 4. The number of anilines is 2. The molecule has 1 amide bonds. The van der Waals surface area contributed by atoms with Crippen molar-refractivity contribution in [1.29, 1.82) is 4.78 Å². The molecule has 1 fully saturated rings. The summed E-state index contributed by atoms with van der Waals surface area (Å²) in [6.07, 6.45) is -3.99. The number of hydrogen-bond donors (Lipinski definition) is 2. The maximum absolute atomic E-state index is 13.6. The Kier molecular flexibility index (Phi) is 6.20. The van der Waals surface area contributed by atoms with E-state index in [-0.39, 0.29) is 40.6 Å². The summed E-state index contributed by atoms with van der Waals surface area (Å²) >= 11 is 0. The lowest BCUT2D eigenvalue weighted by Gasteiger charge is -2.34. The lowest BCUT2D eigenvalue weighted by atomic mass is 10.0. The zero-order chi connectivity index (χ0) is 23.9. The van der Waals surface area contributed by atoms with Crippen LogP contribution in [-0.2, 0) is 15.9 Å². The molecule has 2 N–H and O–H groups in total. The Hall–Kier alpha value is -2.76. The van der Waals surface area contributed by atoms with Crippen molar-refractivity contribution in [2.45, 2.75) is 36.8 Å². The summed E-state index contributed by atoms with van der Waals surface area (Å²) in [6, 6.07) is 5.61. The van der Waals surface area contributed by atoms with Crippen LogP contribution >= 0.6 is 0 Å². The topological polar surface area (TPSA) is 86.2 Å². The lowest BCUT2D eigenvalue weighted by molar-refractivity contribution is -0.138. The van der Waals surface area contributed by atoms with Gasteiger partial charge in [0.05, 0.1) is 20.9 Å². The Morgan fingerprint density at radius 1 is 1.25 bits per heavy atom. The van der Waals surface area contributed by atoms with Gasteiger partial charge in [0.1, 0.15) is 5.82 Å². The summed E-state index contributed by atoms with van der Waals surface area (Å²) in [5.41, 5.74) is -1.74. The van der Waals surface area contributed by atoms with Crippen molar-refractivity contribution in [2.24, 2.45) is 0 Å². The zero-order valence-corrected chi connectivity index (χ0v) is 18.0. The molecule has 12 heteroatoms. The Labute approximate surface area is 181 Å². The second-order valence-electron chi connectivity index (χ2n) is 7.66. The van der Waals surface area contributed by atoms with Crippen molar-refractivity contribution in [2.75, 3.05) is 29.6 Å². The SMILES string of the molecule is Cc1c(C(F)(F)F)cnc(N2CCC(F)(F)CC2)c1C(=O)Nc1cccc([S@](C)(=N)=O)c1. The van der Waals surface area contributed by atoms with Gasteiger partial charge in [-0.3, -0.25) is 4.79 Å². The van der Waals surface area contributed by atoms with Gasteiger partial charge >= 0.3 is 6.18 Å². The van der Waals surface area contributed by atoms with Crippen molar-refractivity contribution in [3.05, 3.63) is 47.2 Å². The van der Waals surface area contributed by atoms with Gasteiger partial charge in [-0.05, 0) is 30.7 Å². The fourth-order valence-electron chi connectivity index (χ4n) is 3.44. The minimum absolute atomic E-state index is 0.112. The third kappa shape index (κ3) is 5.17. The number of carbonyl (C=O) groups excluding carboxylic acids is 1. The van der Waals surface area contributed by atoms with Crippen LogP contribution in [0, 0.1) is 11.7 Å². The number of aromatic nitrogens is 1. The second kappa shape index (κ2) is 8.30. The normalized spacial score (nSPS) is 18.2. The van der Waals surface area contributed by atoms with Gasteiger partial charge in [-0.15, -0.1) is 0 Å². The van der Waals surface area contributed by atoms with Crippen LogP contribution in [0.25, 0.3) is 0 Å². The number of benzene rings is 1. The number of carbonyl (C=O) groups is 1. The van der Waals surface area contributed by atoms with Crippen LogP contribution in [0.5, 0.6) is 0 Å². The monoisotopic (exact) mass is 476 g/mol. The first-order valence-electron chi connectivity index (χ1n) is 9.54. The first kappa shape index (κ1) is 23.9. The minimum Gasteiger partial charge on any atom is -0.355 e. The number of hydrogen-bond acceptors (Lipinski definition) is 5. The Morgan fingerprint density at radius 3 is 2.44 bits per heavy atom. The van der Waals surface area contributed by atoms with Crippen LogP contribution in [0.4, 0.5) is 33.5 Å². The molecule has 1 saturated heterocycles. The summed E-state index contributed by atoms with van der Waals surface area (Å²) in [5, 5.41) is 2.46. The average molecular weight is 476 g/mol. The molecule has 0 spiro atoms. The summed E-state index contributed by atoms with van der Waals surface area (Å²) in [4.78, 5) is 18.4. The zero-order valence-electron chi connectivity index (χ0n) is 17.2. The van der Waals surface area contributed by atoms with Gasteiger partial charge in [0.2, 0.25) is 0 Å². The highest BCUT2D eigenvalue weighted by Crippen LogP contribution is 2.37. The number of alkyl halides is 5. The molecule has 6 nitrogen and oxygen atoms in total. The highest BCUT2D eigenvalue weighted by molar-refractivity contribution is 7.91. The molecule has 1 atom stereocenters. The molecule has 1 aliphatic heterocycles. The van der Waals surface area contributed by atoms with Crippen LogP contribution in [0.1, 0.15) is 34.3 Å². The van der Waals surface area contributed by atoms with E-state index in [0.29, 0.717) is 6.20 Å². The predicted octanol–water partition coefficient (Wildman–Crippen LogP) is 4.93. The van der Waals surface area contributed by atoms with Gasteiger partial charge in [0.25, 0.3) is 11.8 Å². The number of nitrogens with zero attached hydrogens (tertiary/aromatic N) is 2. The van der Waals surface area contributed by atoms with Crippen LogP contribution in [0.2, 0.25) is 0 Å². The highest BCUT2D eigenvalue weighted by Gasteiger charge is 2.39. The lowest BCUT2D eigenvalue weighted by Crippen LogP contribution is -2.41. The minimum atomic E-state index is -4.77. The van der Waals surface area contributed by atoms with Gasteiger partial charge in [-0.25, -0.2) is 22.8 Å². The van der Waals surface area contributed by atoms with Crippen molar-refractivity contribution in [3.8, 4) is 0 Å². The molecule has 0 unspecified atom stereocenters. The van der Waals surface area contributed by atoms with E-state index in [2.05, 4.69) is 10.3 Å². The van der Waals surface area contributed by atoms with E-state index >= 15 is 0 Å². The van der Waals surface area contributed by atoms with E-state index in [1.165, 1.54) is 35.4 Å². The first-order valence-corrected chi connectivity index (χ1v) is 11.5. The number of nitrogens with one attached hydrogen (secondary N) is 2. The molecule has 3 rings (SSSR count). The summed E-state index contributed by atoms with van der Waals surface area (Å²) in [5.74, 6) is -3.92. The molecular formula is C20H21F5N4O2S. The van der Waals surface area contributed by atoms with Gasteiger partial charge < -0.3 is 10.2 Å². The van der Waals surface area contributed by atoms with E-state index in [1.807, 2.05) is 0 Å². The molecule has 0 saturated carbocycles. The molecule has 174 valence electrons. The molecule has 1 aliphatic rings.